The molecule has 4 heterocycles. The number of rotatable bonds is 2. The van der Waals surface area contributed by atoms with Crippen molar-refractivity contribution in [3.63, 3.8) is 0 Å². The van der Waals surface area contributed by atoms with Crippen LogP contribution in [0.15, 0.2) is 23.1 Å². The van der Waals surface area contributed by atoms with Gasteiger partial charge in [0.1, 0.15) is 11.9 Å². The molecule has 0 bridgehead atoms. The molecule has 9 heteroatoms. The van der Waals surface area contributed by atoms with Crippen LogP contribution in [0.3, 0.4) is 0 Å². The zero-order chi connectivity index (χ0) is 16.0. The van der Waals surface area contributed by atoms with E-state index in [2.05, 4.69) is 31.4 Å². The van der Waals surface area contributed by atoms with Crippen LogP contribution in [0.4, 0.5) is 5.82 Å². The lowest BCUT2D eigenvalue weighted by Gasteiger charge is -2.24. The van der Waals surface area contributed by atoms with E-state index in [9.17, 15) is 0 Å². The van der Waals surface area contributed by atoms with E-state index in [1.807, 2.05) is 13.2 Å². The van der Waals surface area contributed by atoms with Crippen molar-refractivity contribution >= 4 is 27.4 Å². The number of nitrogens with zero attached hydrogens (tertiary/aromatic N) is 5. The lowest BCUT2D eigenvalue weighted by molar-refractivity contribution is 0.0247. The van der Waals surface area contributed by atoms with Gasteiger partial charge in [0.05, 0.1) is 29.2 Å². The summed E-state index contributed by atoms with van der Waals surface area (Å²) in [6.45, 7) is 2.20. The number of anilines is 1. The van der Waals surface area contributed by atoms with Crippen molar-refractivity contribution in [3.8, 4) is 11.1 Å². The predicted molar refractivity (Wildman–Crippen MR) is 88.9 cm³/mol. The molecule has 1 atom stereocenters. The van der Waals surface area contributed by atoms with Gasteiger partial charge in [-0.3, -0.25) is 4.68 Å². The molecule has 0 radical (unpaired) electrons. The zero-order valence-electron chi connectivity index (χ0n) is 12.5. The van der Waals surface area contributed by atoms with Gasteiger partial charge in [0, 0.05) is 37.5 Å². The van der Waals surface area contributed by atoms with Crippen LogP contribution in [0.25, 0.3) is 16.8 Å². The predicted octanol–water partition coefficient (Wildman–Crippen LogP) is 1.14. The highest BCUT2D eigenvalue weighted by atomic mass is 79.9. The molecule has 0 amide bonds. The summed E-state index contributed by atoms with van der Waals surface area (Å²) < 4.78 is 9.92. The van der Waals surface area contributed by atoms with Gasteiger partial charge in [-0.15, -0.1) is 0 Å². The maximum atomic E-state index is 6.24. The van der Waals surface area contributed by atoms with Crippen molar-refractivity contribution in [2.24, 2.45) is 7.05 Å². The quantitative estimate of drug-likeness (QED) is 0.695. The molecule has 3 aromatic heterocycles. The Labute approximate surface area is 140 Å². The van der Waals surface area contributed by atoms with Gasteiger partial charge in [-0.05, 0) is 15.9 Å². The molecule has 8 nitrogen and oxygen atoms in total. The first-order chi connectivity index (χ1) is 11.1. The minimum absolute atomic E-state index is 0.137. The summed E-state index contributed by atoms with van der Waals surface area (Å²) in [5.41, 5.74) is 9.56. The third-order valence-corrected chi connectivity index (χ3v) is 4.71. The number of halogens is 1. The monoisotopic (exact) mass is 377 g/mol. The Morgan fingerprint density at radius 2 is 2.26 bits per heavy atom. The van der Waals surface area contributed by atoms with Gasteiger partial charge in [0.15, 0.2) is 5.65 Å². The van der Waals surface area contributed by atoms with Crippen LogP contribution in [0.1, 0.15) is 11.8 Å². The smallest absolute Gasteiger partial charge is 0.165 e. The molecule has 1 aliphatic rings. The van der Waals surface area contributed by atoms with Crippen molar-refractivity contribution in [2.45, 2.75) is 6.10 Å². The highest BCUT2D eigenvalue weighted by molar-refractivity contribution is 9.10. The van der Waals surface area contributed by atoms with Gasteiger partial charge >= 0.3 is 0 Å². The summed E-state index contributed by atoms with van der Waals surface area (Å²) in [6.07, 6.45) is 5.33. The van der Waals surface area contributed by atoms with Gasteiger partial charge in [0.25, 0.3) is 0 Å². The number of aromatic nitrogens is 5. The molecule has 1 fully saturated rings. The molecule has 0 aliphatic carbocycles. The van der Waals surface area contributed by atoms with Crippen LogP contribution in [0, 0.1) is 0 Å². The average Bonchev–Trinajstić information content (AvgIpc) is 3.17. The fraction of sp³-hybridized carbons (Fsp3) is 0.357. The van der Waals surface area contributed by atoms with Crippen LogP contribution in [-0.4, -0.2) is 44.1 Å². The minimum atomic E-state index is -0.137. The van der Waals surface area contributed by atoms with Crippen LogP contribution >= 0.6 is 15.9 Å². The van der Waals surface area contributed by atoms with Crippen LogP contribution in [0.2, 0.25) is 0 Å². The number of nitrogens with one attached hydrogen (secondary N) is 1. The number of fused-ring (bicyclic) bond motifs is 1. The van der Waals surface area contributed by atoms with Crippen molar-refractivity contribution in [2.75, 3.05) is 25.4 Å². The number of hydrogen-bond acceptors (Lipinski definition) is 6. The molecular weight excluding hydrogens is 362 g/mol. The van der Waals surface area contributed by atoms with Crippen molar-refractivity contribution in [3.05, 3.63) is 28.8 Å². The number of ether oxygens (including phenoxy) is 1. The van der Waals surface area contributed by atoms with Crippen molar-refractivity contribution in [1.29, 1.82) is 0 Å². The van der Waals surface area contributed by atoms with Crippen LogP contribution in [0.5, 0.6) is 0 Å². The first-order valence-corrected chi connectivity index (χ1v) is 8.08. The van der Waals surface area contributed by atoms with E-state index in [-0.39, 0.29) is 6.10 Å². The number of nitrogen functional groups attached to an aromatic ring is 1. The number of morpholine rings is 1. The second-order valence-electron chi connectivity index (χ2n) is 5.46. The Morgan fingerprint density at radius 3 is 2.96 bits per heavy atom. The normalized spacial score (nSPS) is 18.6. The fourth-order valence-electron chi connectivity index (χ4n) is 2.73. The Morgan fingerprint density at radius 1 is 1.39 bits per heavy atom. The Balaban J connectivity index is 1.89. The van der Waals surface area contributed by atoms with Gasteiger partial charge in [0.2, 0.25) is 0 Å². The summed E-state index contributed by atoms with van der Waals surface area (Å²) in [5, 5.41) is 11.9. The number of hydrogen-bond donors (Lipinski definition) is 2. The van der Waals surface area contributed by atoms with Gasteiger partial charge in [-0.25, -0.2) is 4.98 Å². The molecule has 0 saturated carbocycles. The first-order valence-electron chi connectivity index (χ1n) is 7.29. The lowest BCUT2D eigenvalue weighted by Crippen LogP contribution is -2.34. The summed E-state index contributed by atoms with van der Waals surface area (Å²) in [4.78, 5) is 4.78. The van der Waals surface area contributed by atoms with E-state index in [0.29, 0.717) is 24.6 Å². The van der Waals surface area contributed by atoms with Crippen LogP contribution < -0.4 is 11.1 Å². The molecule has 4 rings (SSSR count). The molecule has 0 aromatic carbocycles. The molecule has 1 aliphatic heterocycles. The molecule has 3 aromatic rings. The Hall–Kier alpha value is -1.97. The summed E-state index contributed by atoms with van der Waals surface area (Å²) in [6, 6.07) is 0. The molecule has 0 spiro atoms. The van der Waals surface area contributed by atoms with E-state index in [0.717, 1.165) is 27.8 Å². The first kappa shape index (κ1) is 14.6. The Bertz CT molecular complexity index is 866. The molecule has 3 N–H and O–H groups in total. The fourth-order valence-corrected chi connectivity index (χ4v) is 3.24. The highest BCUT2D eigenvalue weighted by Crippen LogP contribution is 2.33. The second-order valence-corrected chi connectivity index (χ2v) is 6.25. The standard InChI is InChI=1S/C14H16BrN7O/c1-21-7-8(4-18-21)9-5-19-22-13(16)11(15)12(20-14(9)22)10-6-17-2-3-23-10/h4-5,7,10,17H,2-3,6,16H2,1H3. The maximum absolute atomic E-state index is 6.24. The molecule has 120 valence electrons. The molecular formula is C14H16BrN7O. The summed E-state index contributed by atoms with van der Waals surface area (Å²) >= 11 is 3.53. The van der Waals surface area contributed by atoms with Gasteiger partial charge < -0.3 is 15.8 Å². The largest absolute Gasteiger partial charge is 0.383 e. The topological polar surface area (TPSA) is 95.3 Å². The number of aryl methyl sites for hydroxylation is 1. The summed E-state index contributed by atoms with van der Waals surface area (Å²) in [7, 11) is 1.88. The maximum Gasteiger partial charge on any atom is 0.165 e. The molecule has 1 unspecified atom stereocenters. The van der Waals surface area contributed by atoms with E-state index >= 15 is 0 Å². The van der Waals surface area contributed by atoms with Crippen molar-refractivity contribution < 1.29 is 4.74 Å². The lowest BCUT2D eigenvalue weighted by atomic mass is 10.2. The third kappa shape index (κ3) is 2.41. The molecule has 23 heavy (non-hydrogen) atoms. The highest BCUT2D eigenvalue weighted by Gasteiger charge is 2.24. The second kappa shape index (κ2) is 5.59. The zero-order valence-corrected chi connectivity index (χ0v) is 14.1. The average molecular weight is 378 g/mol. The van der Waals surface area contributed by atoms with E-state index in [1.54, 1.807) is 21.6 Å². The Kier molecular flexibility index (Phi) is 3.55. The number of nitrogens with two attached hydrogens (primary N) is 1. The van der Waals surface area contributed by atoms with Crippen LogP contribution in [-0.2, 0) is 11.8 Å². The third-order valence-electron chi connectivity index (χ3n) is 3.90. The van der Waals surface area contributed by atoms with Gasteiger partial charge in [-0.2, -0.15) is 14.7 Å². The van der Waals surface area contributed by atoms with Crippen molar-refractivity contribution in [1.82, 2.24) is 29.7 Å². The SMILES string of the molecule is Cn1cc(-c2cnn3c(N)c(Br)c(C4CNCCO4)nc23)cn1. The molecule has 1 saturated heterocycles. The summed E-state index contributed by atoms with van der Waals surface area (Å²) in [5.74, 6) is 0.509. The van der Waals surface area contributed by atoms with E-state index in [1.165, 1.54) is 0 Å². The van der Waals surface area contributed by atoms with E-state index in [4.69, 9.17) is 15.5 Å². The minimum Gasteiger partial charge on any atom is -0.383 e. The van der Waals surface area contributed by atoms with Gasteiger partial charge in [-0.1, -0.05) is 0 Å². The van der Waals surface area contributed by atoms with E-state index < -0.39 is 0 Å².